The lowest BCUT2D eigenvalue weighted by Gasteiger charge is -2.49. The molecule has 2 atom stereocenters. The molecule has 4 rings (SSSR count). The first kappa shape index (κ1) is 20.3. The monoisotopic (exact) mass is 611 g/mol. The van der Waals surface area contributed by atoms with Gasteiger partial charge in [-0.25, -0.2) is 15.3 Å². The van der Waals surface area contributed by atoms with Crippen molar-refractivity contribution < 1.29 is 9.18 Å². The lowest BCUT2D eigenvalue weighted by molar-refractivity contribution is -0.121. The highest BCUT2D eigenvalue weighted by atomic mass is 127. The second-order valence-corrected chi connectivity index (χ2v) is 9.82. The highest BCUT2D eigenvalue weighted by Gasteiger charge is 2.46. The van der Waals surface area contributed by atoms with Gasteiger partial charge in [0.25, 0.3) is 11.5 Å². The van der Waals surface area contributed by atoms with E-state index in [0.717, 1.165) is 0 Å². The van der Waals surface area contributed by atoms with Crippen molar-refractivity contribution in [3.63, 3.8) is 0 Å². The maximum atomic E-state index is 14.5. The van der Waals surface area contributed by atoms with Crippen LogP contribution >= 0.6 is 45.7 Å². The number of hydrogen-bond donors (Lipinski definition) is 0. The number of anilines is 2. The van der Waals surface area contributed by atoms with E-state index in [0.29, 0.717) is 35.5 Å². The van der Waals surface area contributed by atoms with Gasteiger partial charge in [-0.1, -0.05) is 0 Å². The van der Waals surface area contributed by atoms with E-state index in [4.69, 9.17) is 0 Å². The number of hydrogen-bond acceptors (Lipinski definition) is 5. The Morgan fingerprint density at radius 2 is 1.89 bits per heavy atom. The standard InChI is InChI=1S/C18H20FI2N5O2/c1-8(2)25-15-14(23-6-9(3)24(20)7-13(23)17(25)27)11-5-12(19)10(4)22-16(11)26(21)18(15)28/h5,8-9,13H,6-7H2,1-4H3. The van der Waals surface area contributed by atoms with Crippen LogP contribution in [0, 0.1) is 12.7 Å². The van der Waals surface area contributed by atoms with Crippen LogP contribution in [0.15, 0.2) is 10.9 Å². The number of piperazine rings is 1. The Morgan fingerprint density at radius 3 is 2.54 bits per heavy atom. The van der Waals surface area contributed by atoms with Crippen LogP contribution in [0.2, 0.25) is 0 Å². The fraction of sp³-hybridized carbons (Fsp3) is 0.500. The van der Waals surface area contributed by atoms with E-state index in [1.54, 1.807) is 11.8 Å². The Hall–Kier alpha value is -1.02. The molecule has 0 spiro atoms. The molecule has 2 unspecified atom stereocenters. The Kier molecular flexibility index (Phi) is 5.10. The maximum Gasteiger partial charge on any atom is 0.287 e. The van der Waals surface area contributed by atoms with Gasteiger partial charge in [-0.15, -0.1) is 0 Å². The number of rotatable bonds is 1. The van der Waals surface area contributed by atoms with Crippen molar-refractivity contribution >= 4 is 74.0 Å². The van der Waals surface area contributed by atoms with Gasteiger partial charge in [-0.2, -0.15) is 0 Å². The van der Waals surface area contributed by atoms with Gasteiger partial charge in [0.05, 0.1) is 34.2 Å². The first-order valence-electron chi connectivity index (χ1n) is 9.07. The Bertz CT molecular complexity index is 1060. The Morgan fingerprint density at radius 1 is 1.21 bits per heavy atom. The fourth-order valence-electron chi connectivity index (χ4n) is 4.00. The molecule has 0 aliphatic carbocycles. The van der Waals surface area contributed by atoms with Gasteiger partial charge in [0.1, 0.15) is 17.5 Å². The zero-order valence-corrected chi connectivity index (χ0v) is 20.2. The number of aromatic nitrogens is 2. The van der Waals surface area contributed by atoms with Crippen molar-refractivity contribution in [2.45, 2.75) is 45.8 Å². The van der Waals surface area contributed by atoms with E-state index < -0.39 is 11.9 Å². The lowest BCUT2D eigenvalue weighted by Crippen LogP contribution is -2.65. The van der Waals surface area contributed by atoms with E-state index in [9.17, 15) is 14.0 Å². The molecule has 0 N–H and O–H groups in total. The normalized spacial score (nSPS) is 22.8. The molecule has 1 saturated heterocycles. The van der Waals surface area contributed by atoms with Crippen molar-refractivity contribution in [1.82, 2.24) is 10.9 Å². The summed E-state index contributed by atoms with van der Waals surface area (Å²) in [6, 6.07) is 1.01. The van der Waals surface area contributed by atoms with Gasteiger partial charge in [0.15, 0.2) is 5.65 Å². The number of halogens is 3. The average Bonchev–Trinajstić information content (AvgIpc) is 2.62. The minimum absolute atomic E-state index is 0.0931. The van der Waals surface area contributed by atoms with Crippen molar-refractivity contribution in [2.75, 3.05) is 22.9 Å². The molecule has 0 bridgehead atoms. The van der Waals surface area contributed by atoms with Gasteiger partial charge < -0.3 is 9.80 Å². The van der Waals surface area contributed by atoms with E-state index in [1.165, 1.54) is 8.85 Å². The van der Waals surface area contributed by atoms with Crippen LogP contribution in [0.4, 0.5) is 15.8 Å². The highest BCUT2D eigenvalue weighted by molar-refractivity contribution is 14.1. The third-order valence-electron chi connectivity index (χ3n) is 5.41. The summed E-state index contributed by atoms with van der Waals surface area (Å²) < 4.78 is 18.0. The van der Waals surface area contributed by atoms with Crippen molar-refractivity contribution in [2.24, 2.45) is 0 Å². The molecule has 7 nitrogen and oxygen atoms in total. The molecule has 0 aromatic carbocycles. The van der Waals surface area contributed by atoms with Crippen molar-refractivity contribution in [3.05, 3.63) is 27.9 Å². The summed E-state index contributed by atoms with van der Waals surface area (Å²) in [4.78, 5) is 34.5. The smallest absolute Gasteiger partial charge is 0.287 e. The molecule has 10 heteroatoms. The number of amides is 1. The molecule has 2 aromatic rings. The molecule has 2 aliphatic rings. The number of carbonyl (C=O) groups is 1. The average molecular weight is 611 g/mol. The summed E-state index contributed by atoms with van der Waals surface area (Å²) in [6.45, 7) is 8.55. The van der Waals surface area contributed by atoms with Gasteiger partial charge in [0, 0.05) is 53.4 Å². The zero-order chi connectivity index (χ0) is 20.5. The molecule has 1 fully saturated rings. The Balaban J connectivity index is 2.12. The van der Waals surface area contributed by atoms with Gasteiger partial charge in [-0.05, 0) is 33.8 Å². The highest BCUT2D eigenvalue weighted by Crippen LogP contribution is 2.42. The quantitative estimate of drug-likeness (QED) is 0.367. The van der Waals surface area contributed by atoms with Crippen LogP contribution in [0.5, 0.6) is 0 Å². The topological polar surface area (TPSA) is 61.7 Å². The third kappa shape index (κ3) is 2.85. The van der Waals surface area contributed by atoms with Crippen LogP contribution in [-0.4, -0.2) is 48.0 Å². The van der Waals surface area contributed by atoms with Crippen molar-refractivity contribution in [3.8, 4) is 0 Å². The molecule has 28 heavy (non-hydrogen) atoms. The first-order chi connectivity index (χ1) is 13.1. The maximum absolute atomic E-state index is 14.5. The molecular weight excluding hydrogens is 591 g/mol. The molecule has 1 amide bonds. The molecule has 0 saturated carbocycles. The van der Waals surface area contributed by atoms with Gasteiger partial charge in [-0.3, -0.25) is 9.59 Å². The molecule has 2 aromatic heterocycles. The molecule has 0 radical (unpaired) electrons. The van der Waals surface area contributed by atoms with Crippen LogP contribution in [-0.2, 0) is 4.79 Å². The fourth-order valence-corrected chi connectivity index (χ4v) is 5.15. The predicted molar refractivity (Wildman–Crippen MR) is 124 cm³/mol. The largest absolute Gasteiger partial charge is 0.354 e. The zero-order valence-electron chi connectivity index (χ0n) is 15.9. The second-order valence-electron chi connectivity index (χ2n) is 7.61. The molecule has 150 valence electrons. The molecule has 2 aliphatic heterocycles. The SMILES string of the molecule is Cc1nc2c(cc1F)c1c(c(=O)n2I)N(C(C)C)C(=O)C2CN(I)C(C)CN12. The number of pyridine rings is 2. The molecular formula is C18H20FI2N5O2. The molecule has 4 heterocycles. The van der Waals surface area contributed by atoms with Crippen LogP contribution < -0.4 is 15.4 Å². The number of nitrogens with zero attached hydrogens (tertiary/aromatic N) is 5. The number of carbonyl (C=O) groups excluding carboxylic acids is 1. The first-order valence-corrected chi connectivity index (χ1v) is 11.0. The summed E-state index contributed by atoms with van der Waals surface area (Å²) >= 11 is 4.13. The number of fused-ring (bicyclic) bond motifs is 5. The summed E-state index contributed by atoms with van der Waals surface area (Å²) in [6.07, 6.45) is 0. The second kappa shape index (κ2) is 7.04. The predicted octanol–water partition coefficient (Wildman–Crippen LogP) is 3.03. The summed E-state index contributed by atoms with van der Waals surface area (Å²) in [5.41, 5.74) is 1.30. The minimum Gasteiger partial charge on any atom is -0.354 e. The third-order valence-corrected chi connectivity index (χ3v) is 7.65. The Labute approximate surface area is 189 Å². The van der Waals surface area contributed by atoms with E-state index in [-0.39, 0.29) is 29.2 Å². The minimum atomic E-state index is -0.421. The van der Waals surface area contributed by atoms with Crippen LogP contribution in [0.3, 0.4) is 0 Å². The lowest BCUT2D eigenvalue weighted by atomic mass is 9.99. The summed E-state index contributed by atoms with van der Waals surface area (Å²) in [5.74, 6) is -0.515. The summed E-state index contributed by atoms with van der Waals surface area (Å²) in [5, 5.41) is 0.560. The van der Waals surface area contributed by atoms with Crippen LogP contribution in [0.25, 0.3) is 11.0 Å². The summed E-state index contributed by atoms with van der Waals surface area (Å²) in [7, 11) is 0. The van der Waals surface area contributed by atoms with Gasteiger partial charge in [0.2, 0.25) is 0 Å². The van der Waals surface area contributed by atoms with Gasteiger partial charge >= 0.3 is 0 Å². The van der Waals surface area contributed by atoms with E-state index in [1.807, 2.05) is 41.6 Å². The number of aryl methyl sites for hydroxylation is 1. The van der Waals surface area contributed by atoms with E-state index in [2.05, 4.69) is 37.9 Å². The van der Waals surface area contributed by atoms with E-state index >= 15 is 0 Å². The van der Waals surface area contributed by atoms with Crippen LogP contribution in [0.1, 0.15) is 26.5 Å². The van der Waals surface area contributed by atoms with Crippen molar-refractivity contribution in [1.29, 1.82) is 0 Å².